The summed E-state index contributed by atoms with van der Waals surface area (Å²) in [6, 6.07) is 26.2. The van der Waals surface area contributed by atoms with Gasteiger partial charge in [0.25, 0.3) is 0 Å². The number of nitrogen functional groups attached to an aromatic ring is 1. The highest BCUT2D eigenvalue weighted by Crippen LogP contribution is 2.35. The third-order valence-corrected chi connectivity index (χ3v) is 4.58. The lowest BCUT2D eigenvalue weighted by atomic mass is 10.1. The molecule has 4 aromatic rings. The van der Waals surface area contributed by atoms with Gasteiger partial charge in [0.1, 0.15) is 5.82 Å². The van der Waals surface area contributed by atoms with Crippen LogP contribution in [-0.2, 0) is 0 Å². The molecule has 1 aromatic heterocycles. The van der Waals surface area contributed by atoms with Gasteiger partial charge in [-0.15, -0.1) is 0 Å². The summed E-state index contributed by atoms with van der Waals surface area (Å²) < 4.78 is 0.951. The number of nitrogens with one attached hydrogen (secondary N) is 1. The fourth-order valence-electron chi connectivity index (χ4n) is 2.87. The van der Waals surface area contributed by atoms with E-state index in [1.54, 1.807) is 0 Å². The molecule has 0 fully saturated rings. The molecule has 4 rings (SSSR count). The van der Waals surface area contributed by atoms with Gasteiger partial charge in [0.15, 0.2) is 0 Å². The molecular formula is C21H16BrN3. The molecule has 0 amide bonds. The number of hydrogen-bond acceptors (Lipinski definition) is 2. The summed E-state index contributed by atoms with van der Waals surface area (Å²) in [6.07, 6.45) is 0. The Morgan fingerprint density at radius 1 is 0.800 bits per heavy atom. The molecule has 0 aliphatic carbocycles. The summed E-state index contributed by atoms with van der Waals surface area (Å²) in [4.78, 5) is 8.33. The Morgan fingerprint density at radius 3 is 2.08 bits per heavy atom. The van der Waals surface area contributed by atoms with Gasteiger partial charge in [-0.1, -0.05) is 76.6 Å². The van der Waals surface area contributed by atoms with Gasteiger partial charge in [0.05, 0.1) is 11.4 Å². The first-order valence-corrected chi connectivity index (χ1v) is 8.78. The normalized spacial score (nSPS) is 10.8. The van der Waals surface area contributed by atoms with E-state index in [9.17, 15) is 0 Å². The molecular weight excluding hydrogens is 374 g/mol. The van der Waals surface area contributed by atoms with Crippen LogP contribution in [0.2, 0.25) is 0 Å². The zero-order chi connectivity index (χ0) is 17.2. The van der Waals surface area contributed by atoms with E-state index in [4.69, 9.17) is 10.7 Å². The molecule has 3 N–H and O–H groups in total. The van der Waals surface area contributed by atoms with Crippen molar-refractivity contribution in [3.8, 4) is 33.9 Å². The van der Waals surface area contributed by atoms with Crippen LogP contribution >= 0.6 is 15.9 Å². The lowest BCUT2D eigenvalue weighted by molar-refractivity contribution is 1.31. The van der Waals surface area contributed by atoms with Crippen molar-refractivity contribution < 1.29 is 0 Å². The van der Waals surface area contributed by atoms with E-state index in [1.165, 1.54) is 0 Å². The summed E-state index contributed by atoms with van der Waals surface area (Å²) in [5.41, 5.74) is 11.8. The van der Waals surface area contributed by atoms with Gasteiger partial charge >= 0.3 is 0 Å². The summed E-state index contributed by atoms with van der Waals surface area (Å²) in [6.45, 7) is 0. The molecule has 0 aliphatic rings. The maximum absolute atomic E-state index is 6.20. The van der Waals surface area contributed by atoms with Crippen LogP contribution in [0.3, 0.4) is 0 Å². The highest BCUT2D eigenvalue weighted by Gasteiger charge is 2.16. The predicted molar refractivity (Wildman–Crippen MR) is 107 cm³/mol. The van der Waals surface area contributed by atoms with Gasteiger partial charge in [-0.2, -0.15) is 0 Å². The average molecular weight is 390 g/mol. The molecule has 0 unspecified atom stereocenters. The van der Waals surface area contributed by atoms with Crippen LogP contribution in [0.4, 0.5) is 5.69 Å². The molecule has 0 saturated carbocycles. The van der Waals surface area contributed by atoms with Crippen LogP contribution in [0.5, 0.6) is 0 Å². The summed E-state index contributed by atoms with van der Waals surface area (Å²) >= 11 is 3.45. The number of benzene rings is 3. The van der Waals surface area contributed by atoms with Gasteiger partial charge in [-0.25, -0.2) is 4.98 Å². The van der Waals surface area contributed by atoms with Crippen molar-refractivity contribution in [2.45, 2.75) is 0 Å². The van der Waals surface area contributed by atoms with Crippen LogP contribution < -0.4 is 5.73 Å². The number of nitrogens with zero attached hydrogens (tertiary/aromatic N) is 1. The number of hydrogen-bond donors (Lipinski definition) is 2. The van der Waals surface area contributed by atoms with Gasteiger partial charge in [0.2, 0.25) is 0 Å². The van der Waals surface area contributed by atoms with Crippen LogP contribution in [0.25, 0.3) is 33.9 Å². The lowest BCUT2D eigenvalue weighted by Gasteiger charge is -2.03. The van der Waals surface area contributed by atoms with Gasteiger partial charge in [0, 0.05) is 26.9 Å². The Hall–Kier alpha value is -2.85. The number of nitrogens with two attached hydrogens (primary N) is 1. The predicted octanol–water partition coefficient (Wildman–Crippen LogP) is 5.76. The van der Waals surface area contributed by atoms with Crippen molar-refractivity contribution in [3.63, 3.8) is 0 Å². The van der Waals surface area contributed by atoms with Crippen LogP contribution in [0.15, 0.2) is 83.3 Å². The van der Waals surface area contributed by atoms with Gasteiger partial charge in [-0.3, -0.25) is 0 Å². The molecule has 122 valence electrons. The van der Waals surface area contributed by atoms with Crippen LogP contribution in [0, 0.1) is 0 Å². The van der Waals surface area contributed by atoms with Crippen LogP contribution in [0.1, 0.15) is 0 Å². The molecule has 0 spiro atoms. The summed E-state index contributed by atoms with van der Waals surface area (Å²) in [5.74, 6) is 0.766. The first kappa shape index (κ1) is 15.7. The van der Waals surface area contributed by atoms with Crippen molar-refractivity contribution in [3.05, 3.63) is 83.3 Å². The monoisotopic (exact) mass is 389 g/mol. The fraction of sp³-hybridized carbons (Fsp3) is 0. The molecule has 0 atom stereocenters. The summed E-state index contributed by atoms with van der Waals surface area (Å²) in [7, 11) is 0. The lowest BCUT2D eigenvalue weighted by Crippen LogP contribution is -1.91. The largest absolute Gasteiger partial charge is 0.398 e. The molecule has 3 nitrogen and oxygen atoms in total. The average Bonchev–Trinajstić information content (AvgIpc) is 3.08. The van der Waals surface area contributed by atoms with E-state index in [0.29, 0.717) is 5.69 Å². The third kappa shape index (κ3) is 3.08. The number of aromatic amines is 1. The van der Waals surface area contributed by atoms with E-state index in [-0.39, 0.29) is 0 Å². The smallest absolute Gasteiger partial charge is 0.140 e. The summed E-state index contributed by atoms with van der Waals surface area (Å²) in [5, 5.41) is 0. The highest BCUT2D eigenvalue weighted by molar-refractivity contribution is 9.10. The molecule has 0 radical (unpaired) electrons. The van der Waals surface area contributed by atoms with Crippen LogP contribution in [-0.4, -0.2) is 9.97 Å². The second-order valence-corrected chi connectivity index (χ2v) is 6.69. The van der Waals surface area contributed by atoms with Crippen molar-refractivity contribution >= 4 is 21.6 Å². The Balaban J connectivity index is 1.92. The number of aromatic nitrogens is 2. The Bertz CT molecular complexity index is 951. The first-order valence-electron chi connectivity index (χ1n) is 7.98. The van der Waals surface area contributed by atoms with Crippen molar-refractivity contribution in [2.75, 3.05) is 5.73 Å². The topological polar surface area (TPSA) is 54.7 Å². The number of anilines is 1. The molecule has 0 bridgehead atoms. The molecule has 0 saturated heterocycles. The molecule has 25 heavy (non-hydrogen) atoms. The number of H-pyrrole nitrogens is 1. The number of halogens is 1. The minimum absolute atomic E-state index is 0.683. The first-order chi connectivity index (χ1) is 12.2. The van der Waals surface area contributed by atoms with Crippen molar-refractivity contribution in [1.29, 1.82) is 0 Å². The van der Waals surface area contributed by atoms with Gasteiger partial charge < -0.3 is 10.7 Å². The SMILES string of the molecule is Nc1cc(Br)ccc1-c1nc(-c2ccccc2)c(-c2ccccc2)[nH]1. The zero-order valence-corrected chi connectivity index (χ0v) is 15.0. The maximum atomic E-state index is 6.20. The Morgan fingerprint density at radius 2 is 1.44 bits per heavy atom. The molecule has 0 aliphatic heterocycles. The van der Waals surface area contributed by atoms with E-state index in [0.717, 1.165) is 38.4 Å². The zero-order valence-electron chi connectivity index (χ0n) is 13.4. The number of rotatable bonds is 3. The second kappa shape index (κ2) is 6.57. The Kier molecular flexibility index (Phi) is 4.12. The van der Waals surface area contributed by atoms with E-state index in [2.05, 4.69) is 45.2 Å². The van der Waals surface area contributed by atoms with E-state index in [1.807, 2.05) is 54.6 Å². The molecule has 3 aromatic carbocycles. The van der Waals surface area contributed by atoms with Gasteiger partial charge in [-0.05, 0) is 18.2 Å². The minimum atomic E-state index is 0.683. The third-order valence-electron chi connectivity index (χ3n) is 4.08. The minimum Gasteiger partial charge on any atom is -0.398 e. The second-order valence-electron chi connectivity index (χ2n) is 5.77. The fourth-order valence-corrected chi connectivity index (χ4v) is 3.25. The standard InChI is InChI=1S/C21H16BrN3/c22-16-11-12-17(18(23)13-16)21-24-19(14-7-3-1-4-8-14)20(25-21)15-9-5-2-6-10-15/h1-13H,23H2,(H,24,25). The Labute approximate surface area is 154 Å². The molecule has 1 heterocycles. The quantitative estimate of drug-likeness (QED) is 0.437. The highest BCUT2D eigenvalue weighted by atomic mass is 79.9. The van der Waals surface area contributed by atoms with E-state index >= 15 is 0 Å². The maximum Gasteiger partial charge on any atom is 0.140 e. The number of imidazole rings is 1. The van der Waals surface area contributed by atoms with Crippen molar-refractivity contribution in [1.82, 2.24) is 9.97 Å². The van der Waals surface area contributed by atoms with Crippen molar-refractivity contribution in [2.24, 2.45) is 0 Å². The molecule has 4 heteroatoms. The van der Waals surface area contributed by atoms with E-state index < -0.39 is 0 Å².